The maximum atomic E-state index is 12.6. The number of nitrogens with zero attached hydrogens (tertiary/aromatic N) is 1. The van der Waals surface area contributed by atoms with Crippen molar-refractivity contribution in [1.82, 2.24) is 10.3 Å². The number of anilines is 1. The average Bonchev–Trinajstić information content (AvgIpc) is 3.41. The number of hydrogen-bond donors (Lipinski definition) is 2. The van der Waals surface area contributed by atoms with Crippen LogP contribution in [-0.2, 0) is 9.59 Å². The van der Waals surface area contributed by atoms with Gasteiger partial charge in [0.1, 0.15) is 5.52 Å². The smallest absolute Gasteiger partial charge is 0.226 e. The maximum Gasteiger partial charge on any atom is 0.226 e. The predicted molar refractivity (Wildman–Crippen MR) is 107 cm³/mol. The first-order valence-corrected chi connectivity index (χ1v) is 9.52. The van der Waals surface area contributed by atoms with Crippen LogP contribution in [0.4, 0.5) is 5.69 Å². The number of carbonyl (C=O) groups excluding carboxylic acids is 2. The van der Waals surface area contributed by atoms with Crippen molar-refractivity contribution >= 4 is 28.6 Å². The van der Waals surface area contributed by atoms with Crippen molar-refractivity contribution in [1.29, 1.82) is 0 Å². The van der Waals surface area contributed by atoms with E-state index in [0.29, 0.717) is 11.6 Å². The van der Waals surface area contributed by atoms with Gasteiger partial charge in [-0.15, -0.1) is 0 Å². The Hall–Kier alpha value is -3.15. The highest BCUT2D eigenvalue weighted by molar-refractivity contribution is 5.93. The molecule has 6 nitrogen and oxygen atoms in total. The van der Waals surface area contributed by atoms with E-state index in [1.807, 2.05) is 43.3 Å². The number of aromatic nitrogens is 1. The van der Waals surface area contributed by atoms with Crippen molar-refractivity contribution in [2.45, 2.75) is 45.1 Å². The summed E-state index contributed by atoms with van der Waals surface area (Å²) in [6, 6.07) is 12.9. The molecule has 28 heavy (non-hydrogen) atoms. The molecule has 144 valence electrons. The van der Waals surface area contributed by atoms with Gasteiger partial charge in [0.2, 0.25) is 11.8 Å². The van der Waals surface area contributed by atoms with Crippen LogP contribution < -0.4 is 10.6 Å². The summed E-state index contributed by atoms with van der Waals surface area (Å²) in [6.45, 7) is 3.45. The SMILES string of the molecule is CC(=O)NC(CC(=O)Nc1ccc2oc(C3CC3)nc2c1)c1ccc(C)cc1. The van der Waals surface area contributed by atoms with Crippen LogP contribution in [0.3, 0.4) is 0 Å². The molecule has 2 N–H and O–H groups in total. The van der Waals surface area contributed by atoms with E-state index in [2.05, 4.69) is 15.6 Å². The third kappa shape index (κ3) is 4.22. The molecule has 6 heteroatoms. The van der Waals surface area contributed by atoms with Crippen LogP contribution in [0.1, 0.15) is 55.2 Å². The molecule has 1 heterocycles. The molecular weight excluding hydrogens is 354 g/mol. The number of carbonyl (C=O) groups is 2. The highest BCUT2D eigenvalue weighted by Crippen LogP contribution is 2.40. The van der Waals surface area contributed by atoms with Gasteiger partial charge < -0.3 is 15.1 Å². The quantitative estimate of drug-likeness (QED) is 0.674. The Kier molecular flexibility index (Phi) is 4.86. The van der Waals surface area contributed by atoms with Crippen molar-refractivity contribution in [2.24, 2.45) is 0 Å². The van der Waals surface area contributed by atoms with E-state index in [4.69, 9.17) is 4.42 Å². The minimum Gasteiger partial charge on any atom is -0.440 e. The zero-order chi connectivity index (χ0) is 19.7. The Balaban J connectivity index is 1.47. The highest BCUT2D eigenvalue weighted by Gasteiger charge is 2.29. The number of oxazole rings is 1. The lowest BCUT2D eigenvalue weighted by Gasteiger charge is -2.18. The van der Waals surface area contributed by atoms with Gasteiger partial charge in [-0.05, 0) is 43.5 Å². The first-order valence-electron chi connectivity index (χ1n) is 9.52. The minimum absolute atomic E-state index is 0.146. The van der Waals surface area contributed by atoms with Gasteiger partial charge in [0.05, 0.1) is 12.5 Å². The Morgan fingerprint density at radius 2 is 1.93 bits per heavy atom. The molecule has 1 aliphatic rings. The Morgan fingerprint density at radius 1 is 1.18 bits per heavy atom. The summed E-state index contributed by atoms with van der Waals surface area (Å²) in [6.07, 6.45) is 2.40. The molecule has 0 radical (unpaired) electrons. The summed E-state index contributed by atoms with van der Waals surface area (Å²) < 4.78 is 5.76. The summed E-state index contributed by atoms with van der Waals surface area (Å²) in [4.78, 5) is 28.7. The molecule has 0 bridgehead atoms. The summed E-state index contributed by atoms with van der Waals surface area (Å²) in [7, 11) is 0. The van der Waals surface area contributed by atoms with E-state index >= 15 is 0 Å². The number of hydrogen-bond acceptors (Lipinski definition) is 4. The van der Waals surface area contributed by atoms with E-state index in [9.17, 15) is 9.59 Å². The van der Waals surface area contributed by atoms with Crippen molar-refractivity contribution in [3.05, 3.63) is 59.5 Å². The molecule has 1 aromatic heterocycles. The fraction of sp³-hybridized carbons (Fsp3) is 0.318. The molecule has 2 aromatic carbocycles. The fourth-order valence-electron chi connectivity index (χ4n) is 3.22. The lowest BCUT2D eigenvalue weighted by molar-refractivity contribution is -0.120. The molecule has 3 aromatic rings. The molecule has 2 amide bonds. The van der Waals surface area contributed by atoms with E-state index < -0.39 is 0 Å². The van der Waals surface area contributed by atoms with Crippen LogP contribution in [0.25, 0.3) is 11.1 Å². The van der Waals surface area contributed by atoms with Crippen LogP contribution in [0.5, 0.6) is 0 Å². The van der Waals surface area contributed by atoms with Crippen LogP contribution in [0.15, 0.2) is 46.9 Å². The molecule has 4 rings (SSSR count). The van der Waals surface area contributed by atoms with Gasteiger partial charge in [-0.1, -0.05) is 29.8 Å². The lowest BCUT2D eigenvalue weighted by Crippen LogP contribution is -2.29. The maximum absolute atomic E-state index is 12.6. The molecule has 1 saturated carbocycles. The Morgan fingerprint density at radius 3 is 2.61 bits per heavy atom. The van der Waals surface area contributed by atoms with E-state index in [1.54, 1.807) is 6.07 Å². The highest BCUT2D eigenvalue weighted by atomic mass is 16.3. The minimum atomic E-state index is -0.379. The van der Waals surface area contributed by atoms with E-state index in [1.165, 1.54) is 6.92 Å². The molecule has 1 fully saturated rings. The van der Waals surface area contributed by atoms with Crippen LogP contribution in [-0.4, -0.2) is 16.8 Å². The molecular formula is C22H23N3O3. The number of aryl methyl sites for hydroxylation is 1. The standard InChI is InChI=1S/C22H23N3O3/c1-13-3-5-15(6-4-13)18(23-14(2)26)12-21(27)24-17-9-10-20-19(11-17)25-22(28-20)16-7-8-16/h3-6,9-11,16,18H,7-8,12H2,1-2H3,(H,23,26)(H,24,27). The normalized spacial score (nSPS) is 14.6. The number of rotatable bonds is 6. The molecule has 1 aliphatic carbocycles. The number of fused-ring (bicyclic) bond motifs is 1. The zero-order valence-corrected chi connectivity index (χ0v) is 16.0. The molecule has 0 saturated heterocycles. The first-order chi connectivity index (χ1) is 13.5. The van der Waals surface area contributed by atoms with Crippen LogP contribution >= 0.6 is 0 Å². The molecule has 1 atom stereocenters. The molecule has 0 aliphatic heterocycles. The predicted octanol–water partition coefficient (Wildman–Crippen LogP) is 4.22. The van der Waals surface area contributed by atoms with E-state index in [0.717, 1.165) is 41.0 Å². The second-order valence-electron chi connectivity index (χ2n) is 7.42. The Labute approximate surface area is 163 Å². The summed E-state index contributed by atoms with van der Waals surface area (Å²) >= 11 is 0. The van der Waals surface area contributed by atoms with Gasteiger partial charge in [0.15, 0.2) is 11.5 Å². The monoisotopic (exact) mass is 377 g/mol. The third-order valence-electron chi connectivity index (χ3n) is 4.86. The first kappa shape index (κ1) is 18.2. The number of amides is 2. The topological polar surface area (TPSA) is 84.2 Å². The summed E-state index contributed by atoms with van der Waals surface area (Å²) in [5.41, 5.74) is 4.17. The van der Waals surface area contributed by atoms with Gasteiger partial charge in [-0.25, -0.2) is 4.98 Å². The third-order valence-corrected chi connectivity index (χ3v) is 4.86. The summed E-state index contributed by atoms with van der Waals surface area (Å²) in [5, 5.41) is 5.76. The summed E-state index contributed by atoms with van der Waals surface area (Å²) in [5.74, 6) is 0.876. The van der Waals surface area contributed by atoms with Crippen molar-refractivity contribution in [3.63, 3.8) is 0 Å². The largest absolute Gasteiger partial charge is 0.440 e. The lowest BCUT2D eigenvalue weighted by atomic mass is 10.0. The van der Waals surface area contributed by atoms with Crippen LogP contribution in [0, 0.1) is 6.92 Å². The van der Waals surface area contributed by atoms with E-state index in [-0.39, 0.29) is 24.3 Å². The van der Waals surface area contributed by atoms with Crippen molar-refractivity contribution < 1.29 is 14.0 Å². The number of benzene rings is 2. The van der Waals surface area contributed by atoms with Crippen molar-refractivity contribution in [3.8, 4) is 0 Å². The van der Waals surface area contributed by atoms with Gasteiger partial charge >= 0.3 is 0 Å². The fourth-order valence-corrected chi connectivity index (χ4v) is 3.22. The van der Waals surface area contributed by atoms with Crippen LogP contribution in [0.2, 0.25) is 0 Å². The average molecular weight is 377 g/mol. The van der Waals surface area contributed by atoms with Gasteiger partial charge in [-0.3, -0.25) is 9.59 Å². The second-order valence-corrected chi connectivity index (χ2v) is 7.42. The van der Waals surface area contributed by atoms with Crippen molar-refractivity contribution in [2.75, 3.05) is 5.32 Å². The second kappa shape index (κ2) is 7.46. The number of nitrogens with one attached hydrogen (secondary N) is 2. The molecule has 0 spiro atoms. The van der Waals surface area contributed by atoms with Gasteiger partial charge in [0, 0.05) is 18.5 Å². The zero-order valence-electron chi connectivity index (χ0n) is 16.0. The van der Waals surface area contributed by atoms with Gasteiger partial charge in [-0.2, -0.15) is 0 Å². The Bertz CT molecular complexity index is 1020. The van der Waals surface area contributed by atoms with Gasteiger partial charge in [0.25, 0.3) is 0 Å². The molecule has 1 unspecified atom stereocenters.